The summed E-state index contributed by atoms with van der Waals surface area (Å²) < 4.78 is 15.1. The van der Waals surface area contributed by atoms with Crippen LogP contribution < -0.4 is 5.32 Å². The number of ether oxygens (including phenoxy) is 2. The molecule has 1 amide bonds. The number of carbonyl (C=O) groups excluding carboxylic acids is 1. The monoisotopic (exact) mass is 620 g/mol. The maximum absolute atomic E-state index is 12.4. The number of para-hydroxylation sites is 1. The highest BCUT2D eigenvalue weighted by Gasteiger charge is 2.32. The van der Waals surface area contributed by atoms with Crippen molar-refractivity contribution in [2.45, 2.75) is 74.4 Å². The molecule has 0 saturated carbocycles. The van der Waals surface area contributed by atoms with E-state index in [-0.39, 0.29) is 31.1 Å². The molecule has 1 aliphatic heterocycles. The van der Waals surface area contributed by atoms with Crippen LogP contribution in [-0.4, -0.2) is 38.9 Å². The summed E-state index contributed by atoms with van der Waals surface area (Å²) in [5.74, 6) is -0.110. The lowest BCUT2D eigenvalue weighted by Gasteiger charge is -2.36. The number of anilines is 1. The van der Waals surface area contributed by atoms with Gasteiger partial charge >= 0.3 is 5.97 Å². The Morgan fingerprint density at radius 3 is 2.35 bits per heavy atom. The van der Waals surface area contributed by atoms with E-state index in [1.807, 2.05) is 66.7 Å². The second kappa shape index (κ2) is 15.4. The molecule has 4 aromatic rings. The standard InChI is InChI=1S/C33H36N2O6S2/c36-20-22-11-13-23(14-12-22)28-19-26(21-42-33-35-27-7-5-6-8-29(27)43-33)40-32(41-28)24-15-17-25(18-16-24)34-30(37)9-3-1-2-4-10-31(38)39/h5-8,11-18,26,28,32,36H,1-4,9-10,19-21H2,(H,34,37)(H,38,39)/t26-,28+,32+/m1/s1. The number of hydrogen-bond acceptors (Lipinski definition) is 8. The molecule has 0 radical (unpaired) electrons. The van der Waals surface area contributed by atoms with Gasteiger partial charge in [-0.05, 0) is 48.2 Å². The van der Waals surface area contributed by atoms with Crippen molar-refractivity contribution in [2.75, 3.05) is 11.1 Å². The SMILES string of the molecule is O=C(O)CCCCCCC(=O)Nc1ccc([C@H]2O[C@@H](CSc3nc4ccccc4s3)C[C@@H](c3ccc(CO)cc3)O2)cc1. The molecule has 10 heteroatoms. The molecule has 0 aliphatic carbocycles. The summed E-state index contributed by atoms with van der Waals surface area (Å²) >= 11 is 3.38. The summed E-state index contributed by atoms with van der Waals surface area (Å²) in [7, 11) is 0. The Bertz CT molecular complexity index is 1460. The van der Waals surface area contributed by atoms with Crippen LogP contribution in [0.15, 0.2) is 77.1 Å². The Kier molecular flexibility index (Phi) is 11.2. The van der Waals surface area contributed by atoms with Crippen molar-refractivity contribution in [1.82, 2.24) is 4.98 Å². The Morgan fingerprint density at radius 1 is 0.907 bits per heavy atom. The van der Waals surface area contributed by atoms with Crippen molar-refractivity contribution in [3.63, 3.8) is 0 Å². The average Bonchev–Trinajstić information content (AvgIpc) is 3.45. The van der Waals surface area contributed by atoms with Gasteiger partial charge in [0.1, 0.15) is 0 Å². The maximum Gasteiger partial charge on any atom is 0.303 e. The van der Waals surface area contributed by atoms with Gasteiger partial charge in [0.2, 0.25) is 5.91 Å². The number of fused-ring (bicyclic) bond motifs is 1. The number of benzene rings is 3. The number of thiazole rings is 1. The van der Waals surface area contributed by atoms with E-state index in [1.54, 1.807) is 23.1 Å². The minimum Gasteiger partial charge on any atom is -0.481 e. The van der Waals surface area contributed by atoms with E-state index in [0.717, 1.165) is 51.6 Å². The van der Waals surface area contributed by atoms with Gasteiger partial charge in [0.05, 0.1) is 29.0 Å². The van der Waals surface area contributed by atoms with Gasteiger partial charge in [0.25, 0.3) is 0 Å². The number of rotatable bonds is 14. The van der Waals surface area contributed by atoms with Gasteiger partial charge in [0, 0.05) is 36.3 Å². The van der Waals surface area contributed by atoms with E-state index in [4.69, 9.17) is 19.6 Å². The average molecular weight is 621 g/mol. The molecule has 1 fully saturated rings. The van der Waals surface area contributed by atoms with Gasteiger partial charge in [-0.2, -0.15) is 0 Å². The zero-order chi connectivity index (χ0) is 30.0. The van der Waals surface area contributed by atoms with Crippen LogP contribution >= 0.6 is 23.1 Å². The quantitative estimate of drug-likeness (QED) is 0.0981. The van der Waals surface area contributed by atoms with Crippen molar-refractivity contribution in [2.24, 2.45) is 0 Å². The van der Waals surface area contributed by atoms with E-state index < -0.39 is 12.3 Å². The van der Waals surface area contributed by atoms with Crippen molar-refractivity contribution >= 4 is 50.9 Å². The molecule has 3 aromatic carbocycles. The fourth-order valence-corrected chi connectivity index (χ4v) is 7.07. The number of nitrogens with one attached hydrogen (secondary N) is 1. The summed E-state index contributed by atoms with van der Waals surface area (Å²) in [5, 5.41) is 21.1. The van der Waals surface area contributed by atoms with Crippen molar-refractivity contribution in [3.8, 4) is 0 Å². The van der Waals surface area contributed by atoms with Crippen molar-refractivity contribution in [3.05, 3.63) is 89.5 Å². The Labute approximate surface area is 259 Å². The summed E-state index contributed by atoms with van der Waals surface area (Å²) in [6.07, 6.45) is 3.44. The lowest BCUT2D eigenvalue weighted by atomic mass is 10.0. The molecule has 226 valence electrons. The molecular weight excluding hydrogens is 585 g/mol. The fraction of sp³-hybridized carbons (Fsp3) is 0.364. The summed E-state index contributed by atoms with van der Waals surface area (Å²) in [6.45, 7) is -0.00531. The zero-order valence-electron chi connectivity index (χ0n) is 23.8. The highest BCUT2D eigenvalue weighted by molar-refractivity contribution is 8.01. The molecule has 1 saturated heterocycles. The summed E-state index contributed by atoms with van der Waals surface area (Å²) in [4.78, 5) is 27.8. The van der Waals surface area contributed by atoms with Crippen LogP contribution in [0.5, 0.6) is 0 Å². The number of carboxylic acids is 1. The van der Waals surface area contributed by atoms with Crippen LogP contribution in [0, 0.1) is 0 Å². The first kappa shape index (κ1) is 31.2. The van der Waals surface area contributed by atoms with Gasteiger partial charge < -0.3 is 25.0 Å². The number of carbonyl (C=O) groups is 2. The smallest absolute Gasteiger partial charge is 0.303 e. The predicted octanol–water partition coefficient (Wildman–Crippen LogP) is 7.49. The van der Waals surface area contributed by atoms with E-state index in [9.17, 15) is 14.7 Å². The number of nitrogens with zero attached hydrogens (tertiary/aromatic N) is 1. The molecule has 0 unspecified atom stereocenters. The van der Waals surface area contributed by atoms with Crippen LogP contribution in [0.25, 0.3) is 10.2 Å². The summed E-state index contributed by atoms with van der Waals surface area (Å²) in [6, 6.07) is 23.5. The molecule has 3 atom stereocenters. The van der Waals surface area contributed by atoms with Gasteiger partial charge in [-0.3, -0.25) is 9.59 Å². The Hall–Kier alpha value is -3.28. The Morgan fingerprint density at radius 2 is 1.63 bits per heavy atom. The predicted molar refractivity (Wildman–Crippen MR) is 169 cm³/mol. The van der Waals surface area contributed by atoms with Crippen LogP contribution in [0.2, 0.25) is 0 Å². The topological polar surface area (TPSA) is 118 Å². The number of aliphatic carboxylic acids is 1. The molecule has 43 heavy (non-hydrogen) atoms. The molecule has 0 spiro atoms. The van der Waals surface area contributed by atoms with Crippen LogP contribution in [-0.2, 0) is 25.7 Å². The molecule has 1 aliphatic rings. The first-order chi connectivity index (χ1) is 21.0. The number of hydrogen-bond donors (Lipinski definition) is 3. The highest BCUT2D eigenvalue weighted by Crippen LogP contribution is 2.40. The lowest BCUT2D eigenvalue weighted by molar-refractivity contribution is -0.245. The third kappa shape index (κ3) is 9.11. The largest absolute Gasteiger partial charge is 0.481 e. The first-order valence-electron chi connectivity index (χ1n) is 14.6. The Balaban J connectivity index is 1.20. The third-order valence-electron chi connectivity index (χ3n) is 7.29. The number of amides is 1. The normalized spacial score (nSPS) is 18.5. The molecular formula is C33H36N2O6S2. The highest BCUT2D eigenvalue weighted by atomic mass is 32.2. The van der Waals surface area contributed by atoms with Crippen LogP contribution in [0.3, 0.4) is 0 Å². The second-order valence-corrected chi connectivity index (χ2v) is 12.9. The van der Waals surface area contributed by atoms with Crippen LogP contribution in [0.1, 0.15) is 74.0 Å². The van der Waals surface area contributed by atoms with E-state index in [2.05, 4.69) is 11.4 Å². The van der Waals surface area contributed by atoms with Crippen molar-refractivity contribution in [1.29, 1.82) is 0 Å². The molecule has 8 nitrogen and oxygen atoms in total. The van der Waals surface area contributed by atoms with Gasteiger partial charge in [-0.1, -0.05) is 73.1 Å². The lowest BCUT2D eigenvalue weighted by Crippen LogP contribution is -2.31. The minimum atomic E-state index is -0.781. The molecule has 0 bridgehead atoms. The number of thioether (sulfide) groups is 1. The third-order valence-corrected chi connectivity index (χ3v) is 9.60. The van der Waals surface area contributed by atoms with Crippen molar-refractivity contribution < 1.29 is 29.3 Å². The van der Waals surface area contributed by atoms with Crippen LogP contribution in [0.4, 0.5) is 5.69 Å². The molecule has 5 rings (SSSR count). The number of carboxylic acid groups (broad SMARTS) is 1. The number of aromatic nitrogens is 1. The van der Waals surface area contributed by atoms with E-state index in [1.165, 1.54) is 4.70 Å². The minimum absolute atomic E-state index is 0.00531. The number of aliphatic hydroxyl groups excluding tert-OH is 1. The first-order valence-corrected chi connectivity index (χ1v) is 16.4. The van der Waals surface area contributed by atoms with Gasteiger partial charge in [-0.25, -0.2) is 4.98 Å². The molecule has 1 aromatic heterocycles. The maximum atomic E-state index is 12.4. The van der Waals surface area contributed by atoms with Gasteiger partial charge in [0.15, 0.2) is 10.6 Å². The second-order valence-electron chi connectivity index (χ2n) is 10.6. The van der Waals surface area contributed by atoms with Gasteiger partial charge in [-0.15, -0.1) is 11.3 Å². The summed E-state index contributed by atoms with van der Waals surface area (Å²) in [5.41, 5.74) is 4.46. The zero-order valence-corrected chi connectivity index (χ0v) is 25.4. The van der Waals surface area contributed by atoms with E-state index in [0.29, 0.717) is 24.9 Å². The van der Waals surface area contributed by atoms with E-state index >= 15 is 0 Å². The molecule has 2 heterocycles. The molecule has 3 N–H and O–H groups in total. The number of unbranched alkanes of at least 4 members (excludes halogenated alkanes) is 3. The number of aliphatic hydroxyl groups is 1. The fourth-order valence-electron chi connectivity index (χ4n) is 4.96.